The van der Waals surface area contributed by atoms with Crippen molar-refractivity contribution in [3.05, 3.63) is 34.5 Å². The monoisotopic (exact) mass is 334 g/mol. The maximum atomic E-state index is 12.2. The first-order valence-electron chi connectivity index (χ1n) is 7.77. The summed E-state index contributed by atoms with van der Waals surface area (Å²) < 4.78 is 1.63. The van der Waals surface area contributed by atoms with Crippen molar-refractivity contribution in [2.45, 2.75) is 19.5 Å². The highest BCUT2D eigenvalue weighted by Gasteiger charge is 2.24. The summed E-state index contributed by atoms with van der Waals surface area (Å²) in [6, 6.07) is 2.54. The topological polar surface area (TPSA) is 66.3 Å². The van der Waals surface area contributed by atoms with Crippen LogP contribution in [0.5, 0.6) is 0 Å². The number of urea groups is 1. The van der Waals surface area contributed by atoms with Crippen molar-refractivity contribution in [1.82, 2.24) is 29.9 Å². The number of nitrogens with one attached hydrogen (secondary N) is 1. The highest BCUT2D eigenvalue weighted by atomic mass is 32.1. The molecule has 1 saturated heterocycles. The molecule has 124 valence electrons. The summed E-state index contributed by atoms with van der Waals surface area (Å²) in [5, 5.41) is 11.4. The molecule has 1 atom stereocenters. The molecule has 8 heteroatoms. The molecule has 0 radical (unpaired) electrons. The number of carbonyl (C=O) groups excluding carboxylic acids is 1. The number of hydrogen-bond acceptors (Lipinski definition) is 5. The molecule has 1 aliphatic rings. The molecule has 0 unspecified atom stereocenters. The molecule has 1 fully saturated rings. The second-order valence-corrected chi connectivity index (χ2v) is 6.53. The second kappa shape index (κ2) is 7.10. The van der Waals surface area contributed by atoms with E-state index in [1.165, 1.54) is 5.56 Å². The number of piperazine rings is 1. The molecule has 2 aromatic rings. The first-order chi connectivity index (χ1) is 11.1. The van der Waals surface area contributed by atoms with Crippen LogP contribution in [-0.4, -0.2) is 56.8 Å². The number of nitrogens with zero attached hydrogens (tertiary/aromatic N) is 5. The molecule has 0 aliphatic carbocycles. The lowest BCUT2D eigenvalue weighted by molar-refractivity contribution is 0.114. The second-order valence-electron chi connectivity index (χ2n) is 5.75. The fourth-order valence-electron chi connectivity index (χ4n) is 2.77. The van der Waals surface area contributed by atoms with Gasteiger partial charge in [-0.05, 0) is 29.3 Å². The van der Waals surface area contributed by atoms with Gasteiger partial charge in [0, 0.05) is 39.3 Å². The summed E-state index contributed by atoms with van der Waals surface area (Å²) in [5.74, 6) is 0.630. The minimum absolute atomic E-state index is 0.0414. The van der Waals surface area contributed by atoms with E-state index in [1.54, 1.807) is 22.3 Å². The molecule has 0 bridgehead atoms. The molecule has 1 N–H and O–H groups in total. The van der Waals surface area contributed by atoms with Crippen molar-refractivity contribution in [3.63, 3.8) is 0 Å². The van der Waals surface area contributed by atoms with Crippen molar-refractivity contribution in [2.75, 3.05) is 26.2 Å². The average Bonchev–Trinajstić information content (AvgIpc) is 3.24. The minimum Gasteiger partial charge on any atom is -0.331 e. The highest BCUT2D eigenvalue weighted by molar-refractivity contribution is 7.07. The molecule has 0 saturated carbocycles. The summed E-state index contributed by atoms with van der Waals surface area (Å²) in [7, 11) is 1.81. The number of aryl methyl sites for hydroxylation is 1. The molecule has 3 rings (SSSR count). The molecule has 23 heavy (non-hydrogen) atoms. The number of aromatic nitrogens is 3. The SMILES string of the molecule is C[C@H](c1ccsc1)N1CCN(C(=O)NCc2ncn(C)n2)CC1. The maximum absolute atomic E-state index is 12.2. The van der Waals surface area contributed by atoms with Gasteiger partial charge < -0.3 is 10.2 Å². The summed E-state index contributed by atoms with van der Waals surface area (Å²) >= 11 is 1.73. The van der Waals surface area contributed by atoms with E-state index in [1.807, 2.05) is 11.9 Å². The Labute approximate surface area is 139 Å². The lowest BCUT2D eigenvalue weighted by atomic mass is 10.1. The zero-order chi connectivity index (χ0) is 16.2. The van der Waals surface area contributed by atoms with Crippen LogP contribution in [0.2, 0.25) is 0 Å². The lowest BCUT2D eigenvalue weighted by Crippen LogP contribution is -2.52. The van der Waals surface area contributed by atoms with E-state index < -0.39 is 0 Å². The number of carbonyl (C=O) groups is 1. The standard InChI is InChI=1S/C15H22N6OS/c1-12(13-3-8-23-10-13)20-4-6-21(7-5-20)15(22)16-9-14-17-11-19(2)18-14/h3,8,10-12H,4-7,9H2,1-2H3,(H,16,22)/t12-/m1/s1. The Morgan fingerprint density at radius 3 is 2.78 bits per heavy atom. The number of amides is 2. The normalized spacial score (nSPS) is 17.2. The van der Waals surface area contributed by atoms with Crippen LogP contribution in [0.4, 0.5) is 4.79 Å². The third-order valence-corrected chi connectivity index (χ3v) is 4.92. The first kappa shape index (κ1) is 15.9. The Balaban J connectivity index is 1.45. The Hall–Kier alpha value is -1.93. The predicted molar refractivity (Wildman–Crippen MR) is 89.1 cm³/mol. The first-order valence-corrected chi connectivity index (χ1v) is 8.71. The van der Waals surface area contributed by atoms with Crippen LogP contribution in [0.25, 0.3) is 0 Å². The van der Waals surface area contributed by atoms with E-state index in [0.29, 0.717) is 18.4 Å². The van der Waals surface area contributed by atoms with Gasteiger partial charge in [0.15, 0.2) is 5.82 Å². The van der Waals surface area contributed by atoms with E-state index in [0.717, 1.165) is 26.2 Å². The molecule has 2 amide bonds. The third-order valence-electron chi connectivity index (χ3n) is 4.22. The van der Waals surface area contributed by atoms with E-state index in [9.17, 15) is 4.79 Å². The molecule has 0 spiro atoms. The van der Waals surface area contributed by atoms with Crippen LogP contribution in [0, 0.1) is 0 Å². The Kier molecular flexibility index (Phi) is 4.92. The van der Waals surface area contributed by atoms with Gasteiger partial charge in [-0.3, -0.25) is 9.58 Å². The van der Waals surface area contributed by atoms with Gasteiger partial charge in [0.25, 0.3) is 0 Å². The summed E-state index contributed by atoms with van der Waals surface area (Å²) in [6.07, 6.45) is 1.63. The van der Waals surface area contributed by atoms with Gasteiger partial charge in [0.2, 0.25) is 0 Å². The molecule has 2 aromatic heterocycles. The molecular formula is C15H22N6OS. The Morgan fingerprint density at radius 2 is 2.17 bits per heavy atom. The van der Waals surface area contributed by atoms with Gasteiger partial charge >= 0.3 is 6.03 Å². The zero-order valence-electron chi connectivity index (χ0n) is 13.5. The maximum Gasteiger partial charge on any atom is 0.317 e. The predicted octanol–water partition coefficient (Wildman–Crippen LogP) is 1.46. The van der Waals surface area contributed by atoms with Crippen molar-refractivity contribution < 1.29 is 4.79 Å². The van der Waals surface area contributed by atoms with Crippen LogP contribution < -0.4 is 5.32 Å². The van der Waals surface area contributed by atoms with E-state index in [2.05, 4.69) is 44.0 Å². The molecular weight excluding hydrogens is 312 g/mol. The quantitative estimate of drug-likeness (QED) is 0.919. The van der Waals surface area contributed by atoms with Gasteiger partial charge in [0.1, 0.15) is 6.33 Å². The summed E-state index contributed by atoms with van der Waals surface area (Å²) in [6.45, 7) is 5.88. The zero-order valence-corrected chi connectivity index (χ0v) is 14.3. The van der Waals surface area contributed by atoms with Crippen molar-refractivity contribution in [3.8, 4) is 0 Å². The average molecular weight is 334 g/mol. The van der Waals surface area contributed by atoms with Gasteiger partial charge in [-0.1, -0.05) is 0 Å². The van der Waals surface area contributed by atoms with Gasteiger partial charge in [-0.25, -0.2) is 9.78 Å². The van der Waals surface area contributed by atoms with Crippen LogP contribution in [0.3, 0.4) is 0 Å². The molecule has 3 heterocycles. The Bertz CT molecular complexity index is 632. The van der Waals surface area contributed by atoms with Crippen LogP contribution in [0.15, 0.2) is 23.2 Å². The van der Waals surface area contributed by atoms with Gasteiger partial charge in [-0.15, -0.1) is 0 Å². The fraction of sp³-hybridized carbons (Fsp3) is 0.533. The van der Waals surface area contributed by atoms with Crippen molar-refractivity contribution >= 4 is 17.4 Å². The fourth-order valence-corrected chi connectivity index (χ4v) is 3.51. The highest BCUT2D eigenvalue weighted by Crippen LogP contribution is 2.23. The van der Waals surface area contributed by atoms with Crippen LogP contribution in [0.1, 0.15) is 24.4 Å². The molecule has 0 aromatic carbocycles. The summed E-state index contributed by atoms with van der Waals surface area (Å²) in [4.78, 5) is 20.6. The van der Waals surface area contributed by atoms with E-state index in [-0.39, 0.29) is 6.03 Å². The number of rotatable bonds is 4. The van der Waals surface area contributed by atoms with Crippen LogP contribution >= 0.6 is 11.3 Å². The minimum atomic E-state index is -0.0414. The summed E-state index contributed by atoms with van der Waals surface area (Å²) in [5.41, 5.74) is 1.36. The smallest absolute Gasteiger partial charge is 0.317 e. The largest absolute Gasteiger partial charge is 0.331 e. The molecule has 1 aliphatic heterocycles. The number of thiophene rings is 1. The Morgan fingerprint density at radius 1 is 1.39 bits per heavy atom. The lowest BCUT2D eigenvalue weighted by Gasteiger charge is -2.37. The van der Waals surface area contributed by atoms with Crippen LogP contribution in [-0.2, 0) is 13.6 Å². The van der Waals surface area contributed by atoms with E-state index in [4.69, 9.17) is 0 Å². The van der Waals surface area contributed by atoms with Crippen molar-refractivity contribution in [1.29, 1.82) is 0 Å². The molecule has 7 nitrogen and oxygen atoms in total. The number of hydrogen-bond donors (Lipinski definition) is 1. The van der Waals surface area contributed by atoms with Crippen molar-refractivity contribution in [2.24, 2.45) is 7.05 Å². The van der Waals surface area contributed by atoms with E-state index >= 15 is 0 Å². The third kappa shape index (κ3) is 3.89. The van der Waals surface area contributed by atoms with Gasteiger partial charge in [-0.2, -0.15) is 16.4 Å². The van der Waals surface area contributed by atoms with Gasteiger partial charge in [0.05, 0.1) is 6.54 Å².